The number of anilines is 4. The number of hydrogen-bond donors (Lipinski definition) is 2. The Balaban J connectivity index is 1.88. The van der Waals surface area contributed by atoms with Crippen LogP contribution >= 0.6 is 0 Å². The molecule has 4 rings (SSSR count). The Morgan fingerprint density at radius 2 is 1.23 bits per heavy atom. The van der Waals surface area contributed by atoms with Crippen molar-refractivity contribution in [3.63, 3.8) is 0 Å². The Kier molecular flexibility index (Phi) is 2.45. The van der Waals surface area contributed by atoms with Crippen molar-refractivity contribution in [2.45, 2.75) is 0 Å². The number of aromatic nitrogens is 2. The SMILES string of the molecule is N#Cc1nc2c(nc1C#N)Nc1cc3ccccc3cc1N2. The Morgan fingerprint density at radius 1 is 0.773 bits per heavy atom. The lowest BCUT2D eigenvalue weighted by molar-refractivity contribution is 1.12. The minimum atomic E-state index is 0.0137. The van der Waals surface area contributed by atoms with Gasteiger partial charge in [-0.3, -0.25) is 0 Å². The third-order valence-corrected chi connectivity index (χ3v) is 3.50. The van der Waals surface area contributed by atoms with E-state index in [1.54, 1.807) is 0 Å². The molecule has 2 heterocycles. The van der Waals surface area contributed by atoms with Gasteiger partial charge in [0.15, 0.2) is 23.0 Å². The Morgan fingerprint density at radius 3 is 1.64 bits per heavy atom. The Hall–Kier alpha value is -3.64. The highest BCUT2D eigenvalue weighted by molar-refractivity contribution is 5.97. The van der Waals surface area contributed by atoms with Crippen LogP contribution in [0.5, 0.6) is 0 Å². The van der Waals surface area contributed by atoms with E-state index in [4.69, 9.17) is 10.5 Å². The van der Waals surface area contributed by atoms with Crippen LogP contribution in [0.2, 0.25) is 0 Å². The van der Waals surface area contributed by atoms with E-state index in [1.165, 1.54) is 0 Å². The molecule has 2 aromatic carbocycles. The van der Waals surface area contributed by atoms with Crippen LogP contribution < -0.4 is 10.6 Å². The maximum atomic E-state index is 9.04. The van der Waals surface area contributed by atoms with Crippen LogP contribution in [0.4, 0.5) is 23.0 Å². The molecule has 6 heteroatoms. The average Bonchev–Trinajstić information content (AvgIpc) is 2.56. The van der Waals surface area contributed by atoms with E-state index in [9.17, 15) is 0 Å². The maximum absolute atomic E-state index is 9.04. The van der Waals surface area contributed by atoms with Gasteiger partial charge in [0, 0.05) is 0 Å². The fraction of sp³-hybridized carbons (Fsp3) is 0. The van der Waals surface area contributed by atoms with Gasteiger partial charge in [-0.05, 0) is 22.9 Å². The second-order valence-electron chi connectivity index (χ2n) is 4.84. The molecule has 0 fully saturated rings. The van der Waals surface area contributed by atoms with Crippen LogP contribution in [0.1, 0.15) is 11.4 Å². The highest BCUT2D eigenvalue weighted by Gasteiger charge is 2.20. The first kappa shape index (κ1) is 12.1. The lowest BCUT2D eigenvalue weighted by Gasteiger charge is -2.22. The average molecular weight is 284 g/mol. The molecule has 22 heavy (non-hydrogen) atoms. The van der Waals surface area contributed by atoms with Crippen molar-refractivity contribution < 1.29 is 0 Å². The fourth-order valence-electron chi connectivity index (χ4n) is 2.47. The summed E-state index contributed by atoms with van der Waals surface area (Å²) in [5.41, 5.74) is 1.74. The standard InChI is InChI=1S/C16H8N6/c17-7-13-14(8-18)22-16-15(21-13)19-11-5-9-3-1-2-4-10(9)6-12(11)20-16/h1-6H,(H,19,21)(H,20,22). The van der Waals surface area contributed by atoms with Gasteiger partial charge in [-0.1, -0.05) is 24.3 Å². The predicted octanol–water partition coefficient (Wildman–Crippen LogP) is 3.17. The van der Waals surface area contributed by atoms with Crippen molar-refractivity contribution in [1.29, 1.82) is 10.5 Å². The molecular weight excluding hydrogens is 276 g/mol. The molecule has 102 valence electrons. The van der Waals surface area contributed by atoms with E-state index in [0.717, 1.165) is 22.1 Å². The minimum Gasteiger partial charge on any atom is -0.335 e. The molecule has 0 spiro atoms. The van der Waals surface area contributed by atoms with Gasteiger partial charge in [0.1, 0.15) is 12.1 Å². The second kappa shape index (κ2) is 4.44. The first-order valence-electron chi connectivity index (χ1n) is 6.57. The number of rotatable bonds is 0. The van der Waals surface area contributed by atoms with E-state index in [0.29, 0.717) is 11.6 Å². The highest BCUT2D eigenvalue weighted by Crippen LogP contribution is 2.38. The summed E-state index contributed by atoms with van der Waals surface area (Å²) in [6, 6.07) is 15.8. The molecule has 0 saturated carbocycles. The number of fused-ring (bicyclic) bond motifs is 3. The van der Waals surface area contributed by atoms with Gasteiger partial charge in [-0.2, -0.15) is 10.5 Å². The smallest absolute Gasteiger partial charge is 0.179 e. The normalized spacial score (nSPS) is 11.4. The van der Waals surface area contributed by atoms with Gasteiger partial charge in [-0.15, -0.1) is 0 Å². The van der Waals surface area contributed by atoms with Gasteiger partial charge in [0.25, 0.3) is 0 Å². The molecule has 0 atom stereocenters. The van der Waals surface area contributed by atoms with Crippen LogP contribution in [-0.4, -0.2) is 9.97 Å². The van der Waals surface area contributed by atoms with Gasteiger partial charge in [-0.25, -0.2) is 9.97 Å². The first-order valence-corrected chi connectivity index (χ1v) is 6.57. The third-order valence-electron chi connectivity index (χ3n) is 3.50. The maximum Gasteiger partial charge on any atom is 0.179 e. The number of nitrogens with one attached hydrogen (secondary N) is 2. The zero-order valence-electron chi connectivity index (χ0n) is 11.3. The lowest BCUT2D eigenvalue weighted by Crippen LogP contribution is -2.12. The summed E-state index contributed by atoms with van der Waals surface area (Å²) in [5, 5.41) is 26.6. The molecule has 1 aliphatic heterocycles. The first-order chi connectivity index (χ1) is 10.8. The molecule has 0 radical (unpaired) electrons. The molecule has 2 N–H and O–H groups in total. The van der Waals surface area contributed by atoms with Crippen LogP contribution in [-0.2, 0) is 0 Å². The van der Waals surface area contributed by atoms with E-state index >= 15 is 0 Å². The number of benzene rings is 2. The van der Waals surface area contributed by atoms with Crippen molar-refractivity contribution in [3.8, 4) is 12.1 Å². The molecule has 1 aromatic heterocycles. The van der Waals surface area contributed by atoms with Crippen molar-refractivity contribution in [1.82, 2.24) is 9.97 Å². The third kappa shape index (κ3) is 1.72. The van der Waals surface area contributed by atoms with Gasteiger partial charge in [0.05, 0.1) is 11.4 Å². The molecular formula is C16H8N6. The van der Waals surface area contributed by atoms with E-state index < -0.39 is 0 Å². The summed E-state index contributed by atoms with van der Waals surface area (Å²) >= 11 is 0. The summed E-state index contributed by atoms with van der Waals surface area (Å²) in [4.78, 5) is 8.32. The minimum absolute atomic E-state index is 0.0137. The monoisotopic (exact) mass is 284 g/mol. The van der Waals surface area contributed by atoms with Gasteiger partial charge < -0.3 is 10.6 Å². The molecule has 6 nitrogen and oxygen atoms in total. The Labute approximate surface area is 125 Å². The zero-order chi connectivity index (χ0) is 15.1. The summed E-state index contributed by atoms with van der Waals surface area (Å²) in [5.74, 6) is 0.886. The number of hydrogen-bond acceptors (Lipinski definition) is 6. The summed E-state index contributed by atoms with van der Waals surface area (Å²) in [6.45, 7) is 0. The summed E-state index contributed by atoms with van der Waals surface area (Å²) in [7, 11) is 0. The fourth-order valence-corrected chi connectivity index (χ4v) is 2.47. The van der Waals surface area contributed by atoms with E-state index in [-0.39, 0.29) is 11.4 Å². The van der Waals surface area contributed by atoms with E-state index in [1.807, 2.05) is 48.5 Å². The summed E-state index contributed by atoms with van der Waals surface area (Å²) in [6.07, 6.45) is 0. The number of nitriles is 2. The zero-order valence-corrected chi connectivity index (χ0v) is 11.3. The Bertz CT molecular complexity index is 928. The van der Waals surface area contributed by atoms with Crippen molar-refractivity contribution in [3.05, 3.63) is 47.8 Å². The molecule has 1 aliphatic rings. The topological polar surface area (TPSA) is 97.4 Å². The summed E-state index contributed by atoms with van der Waals surface area (Å²) < 4.78 is 0. The highest BCUT2D eigenvalue weighted by atomic mass is 15.2. The quantitative estimate of drug-likeness (QED) is 0.514. The molecule has 0 saturated heterocycles. The molecule has 3 aromatic rings. The van der Waals surface area contributed by atoms with Crippen LogP contribution in [0, 0.1) is 22.7 Å². The van der Waals surface area contributed by atoms with Crippen molar-refractivity contribution in [2.75, 3.05) is 10.6 Å². The van der Waals surface area contributed by atoms with Gasteiger partial charge >= 0.3 is 0 Å². The van der Waals surface area contributed by atoms with Crippen LogP contribution in [0.15, 0.2) is 36.4 Å². The molecule has 0 bridgehead atoms. The lowest BCUT2D eigenvalue weighted by atomic mass is 10.1. The largest absolute Gasteiger partial charge is 0.335 e. The van der Waals surface area contributed by atoms with Crippen LogP contribution in [0.3, 0.4) is 0 Å². The molecule has 0 aliphatic carbocycles. The van der Waals surface area contributed by atoms with Gasteiger partial charge in [0.2, 0.25) is 0 Å². The van der Waals surface area contributed by atoms with Crippen molar-refractivity contribution in [2.24, 2.45) is 0 Å². The van der Waals surface area contributed by atoms with Crippen molar-refractivity contribution >= 4 is 33.8 Å². The molecule has 0 amide bonds. The van der Waals surface area contributed by atoms with Crippen LogP contribution in [0.25, 0.3) is 10.8 Å². The molecule has 0 unspecified atom stereocenters. The van der Waals surface area contributed by atoms with E-state index in [2.05, 4.69) is 20.6 Å². The predicted molar refractivity (Wildman–Crippen MR) is 82.0 cm³/mol. The number of nitrogens with zero attached hydrogens (tertiary/aromatic N) is 4. The second-order valence-corrected chi connectivity index (χ2v) is 4.84.